The zero-order chi connectivity index (χ0) is 22.6. The number of sulfonamides is 1. The minimum Gasteiger partial charge on any atom is -0.334 e. The van der Waals surface area contributed by atoms with Gasteiger partial charge in [0.05, 0.1) is 11.0 Å². The second-order valence-corrected chi connectivity index (χ2v) is 10.6. The van der Waals surface area contributed by atoms with Crippen molar-refractivity contribution in [2.75, 3.05) is 12.3 Å². The molecule has 0 bridgehead atoms. The molecule has 2 aromatic carbocycles. The predicted octanol–water partition coefficient (Wildman–Crippen LogP) is 3.70. The molecule has 1 aliphatic heterocycles. The van der Waals surface area contributed by atoms with Gasteiger partial charge in [-0.2, -0.15) is 9.57 Å². The van der Waals surface area contributed by atoms with Crippen molar-refractivity contribution in [2.45, 2.75) is 29.2 Å². The Hall–Kier alpha value is -2.86. The normalized spacial score (nSPS) is 19.7. The first-order valence-electron chi connectivity index (χ1n) is 10.4. The summed E-state index contributed by atoms with van der Waals surface area (Å²) in [4.78, 5) is 13.1. The zero-order valence-corrected chi connectivity index (χ0v) is 19.0. The number of benzene rings is 2. The van der Waals surface area contributed by atoms with Gasteiger partial charge < -0.3 is 5.32 Å². The van der Waals surface area contributed by atoms with Crippen LogP contribution in [0.15, 0.2) is 83.3 Å². The first-order valence-corrected chi connectivity index (χ1v) is 12.8. The number of nitrogens with one attached hydrogen (secondary N) is 1. The monoisotopic (exact) mass is 465 g/mol. The molecule has 6 nitrogen and oxygen atoms in total. The fraction of sp³-hybridized carbons (Fsp3) is 0.250. The lowest BCUT2D eigenvalue weighted by Gasteiger charge is -2.24. The fourth-order valence-corrected chi connectivity index (χ4v) is 6.83. The van der Waals surface area contributed by atoms with Gasteiger partial charge in [0.25, 0.3) is 0 Å². The van der Waals surface area contributed by atoms with Gasteiger partial charge in [-0.25, -0.2) is 8.42 Å². The van der Waals surface area contributed by atoms with Gasteiger partial charge >= 0.3 is 0 Å². The summed E-state index contributed by atoms with van der Waals surface area (Å²) in [6.45, 7) is 0.241. The number of allylic oxidation sites excluding steroid dienone is 2. The van der Waals surface area contributed by atoms with Crippen molar-refractivity contribution >= 4 is 27.7 Å². The Balaban J connectivity index is 1.51. The summed E-state index contributed by atoms with van der Waals surface area (Å²) in [5.74, 6) is 0.0441. The number of thioether (sulfide) groups is 1. The van der Waals surface area contributed by atoms with E-state index in [1.54, 1.807) is 24.3 Å². The van der Waals surface area contributed by atoms with Crippen molar-refractivity contribution in [3.63, 3.8) is 0 Å². The van der Waals surface area contributed by atoms with E-state index < -0.39 is 27.3 Å². The highest BCUT2D eigenvalue weighted by molar-refractivity contribution is 8.02. The largest absolute Gasteiger partial charge is 0.334 e. The van der Waals surface area contributed by atoms with E-state index in [2.05, 4.69) is 11.4 Å². The van der Waals surface area contributed by atoms with Crippen molar-refractivity contribution in [3.8, 4) is 17.2 Å². The molecule has 1 saturated heterocycles. The molecule has 0 radical (unpaired) electrons. The highest BCUT2D eigenvalue weighted by atomic mass is 32.2. The van der Waals surface area contributed by atoms with Crippen LogP contribution < -0.4 is 5.32 Å². The zero-order valence-electron chi connectivity index (χ0n) is 17.3. The average molecular weight is 466 g/mol. The van der Waals surface area contributed by atoms with Crippen molar-refractivity contribution in [1.82, 2.24) is 9.62 Å². The van der Waals surface area contributed by atoms with Crippen LogP contribution in [0.3, 0.4) is 0 Å². The fourth-order valence-electron chi connectivity index (χ4n) is 3.74. The quantitative estimate of drug-likeness (QED) is 0.703. The number of amides is 1. The lowest BCUT2D eigenvalue weighted by molar-refractivity contribution is -0.122. The first-order chi connectivity index (χ1) is 15.5. The van der Waals surface area contributed by atoms with Gasteiger partial charge in [-0.05, 0) is 41.7 Å². The number of hydrogen-bond acceptors (Lipinski definition) is 5. The molecule has 164 valence electrons. The summed E-state index contributed by atoms with van der Waals surface area (Å²) >= 11 is 1.27. The molecular weight excluding hydrogens is 442 g/mol. The lowest BCUT2D eigenvalue weighted by atomic mass is 10.0. The SMILES string of the molecule is N#CC(NC(=O)C1SCCN1S(=O)(=O)c1ccc(-c2ccccc2)cc1)C1=CCCC=C1. The van der Waals surface area contributed by atoms with Gasteiger partial charge in [-0.3, -0.25) is 4.79 Å². The number of nitriles is 1. The smallest absolute Gasteiger partial charge is 0.250 e. The van der Waals surface area contributed by atoms with E-state index in [-0.39, 0.29) is 11.4 Å². The van der Waals surface area contributed by atoms with Crippen LogP contribution in [0.2, 0.25) is 0 Å². The van der Waals surface area contributed by atoms with Gasteiger partial charge in [-0.15, -0.1) is 11.8 Å². The predicted molar refractivity (Wildman–Crippen MR) is 126 cm³/mol. The lowest BCUT2D eigenvalue weighted by Crippen LogP contribution is -2.47. The van der Waals surface area contributed by atoms with E-state index in [9.17, 15) is 18.5 Å². The van der Waals surface area contributed by atoms with Crippen molar-refractivity contribution in [3.05, 3.63) is 78.4 Å². The second-order valence-electron chi connectivity index (χ2n) is 7.48. The molecule has 4 rings (SSSR count). The number of carbonyl (C=O) groups excluding carboxylic acids is 1. The molecular formula is C24H23N3O3S2. The van der Waals surface area contributed by atoms with E-state index in [0.717, 1.165) is 29.5 Å². The Labute approximate surface area is 192 Å². The maximum Gasteiger partial charge on any atom is 0.250 e. The molecule has 0 saturated carbocycles. The molecule has 8 heteroatoms. The van der Waals surface area contributed by atoms with Crippen LogP contribution in [0, 0.1) is 11.3 Å². The topological polar surface area (TPSA) is 90.3 Å². The molecule has 2 atom stereocenters. The minimum atomic E-state index is -3.86. The third-order valence-corrected chi connectivity index (χ3v) is 8.63. The molecule has 2 aliphatic rings. The highest BCUT2D eigenvalue weighted by Crippen LogP contribution is 2.31. The van der Waals surface area contributed by atoms with Crippen LogP contribution in [0.1, 0.15) is 12.8 Å². The molecule has 1 fully saturated rings. The van der Waals surface area contributed by atoms with E-state index in [4.69, 9.17) is 0 Å². The van der Waals surface area contributed by atoms with Crippen molar-refractivity contribution in [1.29, 1.82) is 5.26 Å². The number of rotatable bonds is 6. The van der Waals surface area contributed by atoms with Crippen molar-refractivity contribution in [2.24, 2.45) is 0 Å². The van der Waals surface area contributed by atoms with Gasteiger partial charge in [0.15, 0.2) is 0 Å². The minimum absolute atomic E-state index is 0.146. The first kappa shape index (κ1) is 22.3. The average Bonchev–Trinajstić information content (AvgIpc) is 3.35. The molecule has 1 amide bonds. The number of hydrogen-bond donors (Lipinski definition) is 1. The summed E-state index contributed by atoms with van der Waals surface area (Å²) in [6.07, 6.45) is 7.45. The number of carbonyl (C=O) groups is 1. The molecule has 1 N–H and O–H groups in total. The summed E-state index contributed by atoms with van der Waals surface area (Å²) in [7, 11) is -3.86. The van der Waals surface area contributed by atoms with Gasteiger partial charge in [0.1, 0.15) is 11.4 Å². The third kappa shape index (κ3) is 4.65. The van der Waals surface area contributed by atoms with Crippen LogP contribution in [0.25, 0.3) is 11.1 Å². The third-order valence-electron chi connectivity index (χ3n) is 5.41. The standard InChI is InChI=1S/C24H23N3O3S2/c25-17-22(20-9-5-2-6-10-20)26-23(28)24-27(15-16-31-24)32(29,30)21-13-11-19(12-14-21)18-7-3-1-4-8-18/h1,3-5,7-14,22,24H,2,6,15-16H2,(H,26,28). The van der Waals surface area contributed by atoms with Gasteiger partial charge in [0.2, 0.25) is 15.9 Å². The van der Waals surface area contributed by atoms with E-state index >= 15 is 0 Å². The maximum absolute atomic E-state index is 13.3. The van der Waals surface area contributed by atoms with Crippen LogP contribution in [-0.4, -0.2) is 42.3 Å². The van der Waals surface area contributed by atoms with Crippen LogP contribution >= 0.6 is 11.8 Å². The molecule has 0 aromatic heterocycles. The maximum atomic E-state index is 13.3. The van der Waals surface area contributed by atoms with Crippen LogP contribution in [0.4, 0.5) is 0 Å². The summed E-state index contributed by atoms with van der Waals surface area (Å²) < 4.78 is 27.8. The summed E-state index contributed by atoms with van der Waals surface area (Å²) in [6, 6.07) is 17.7. The Bertz CT molecular complexity index is 1180. The van der Waals surface area contributed by atoms with E-state index in [0.29, 0.717) is 5.75 Å². The summed E-state index contributed by atoms with van der Waals surface area (Å²) in [5.41, 5.74) is 2.65. The van der Waals surface area contributed by atoms with Crippen LogP contribution in [0.5, 0.6) is 0 Å². The van der Waals surface area contributed by atoms with Crippen LogP contribution in [-0.2, 0) is 14.8 Å². The molecule has 1 aliphatic carbocycles. The highest BCUT2D eigenvalue weighted by Gasteiger charge is 2.40. The Morgan fingerprint density at radius 1 is 1.09 bits per heavy atom. The molecule has 0 spiro atoms. The Kier molecular flexibility index (Phi) is 6.80. The Morgan fingerprint density at radius 3 is 2.47 bits per heavy atom. The van der Waals surface area contributed by atoms with Gasteiger partial charge in [-0.1, -0.05) is 60.7 Å². The molecule has 1 heterocycles. The molecule has 2 aromatic rings. The Morgan fingerprint density at radius 2 is 1.81 bits per heavy atom. The molecule has 32 heavy (non-hydrogen) atoms. The second kappa shape index (κ2) is 9.74. The number of nitrogens with zero attached hydrogens (tertiary/aromatic N) is 2. The van der Waals surface area contributed by atoms with E-state index in [1.165, 1.54) is 16.1 Å². The summed E-state index contributed by atoms with van der Waals surface area (Å²) in [5, 5.41) is 11.3. The van der Waals surface area contributed by atoms with Gasteiger partial charge in [0, 0.05) is 12.3 Å². The van der Waals surface area contributed by atoms with Crippen molar-refractivity contribution < 1.29 is 13.2 Å². The van der Waals surface area contributed by atoms with E-state index in [1.807, 2.05) is 48.6 Å². The molecule has 2 unspecified atom stereocenters.